The first-order valence-electron chi connectivity index (χ1n) is 8.87. The van der Waals surface area contributed by atoms with Crippen molar-refractivity contribution in [1.29, 1.82) is 0 Å². The second kappa shape index (κ2) is 8.35. The molecule has 3 aromatic rings. The van der Waals surface area contributed by atoms with Gasteiger partial charge in [0.05, 0.1) is 12.6 Å². The number of esters is 1. The van der Waals surface area contributed by atoms with Crippen LogP contribution in [-0.2, 0) is 16.1 Å². The summed E-state index contributed by atoms with van der Waals surface area (Å²) in [6.45, 7) is 4.32. The number of methoxy groups -OCH3 is 1. The molecule has 0 saturated heterocycles. The van der Waals surface area contributed by atoms with E-state index in [0.29, 0.717) is 17.1 Å². The second-order valence-corrected chi connectivity index (χ2v) is 7.60. The van der Waals surface area contributed by atoms with Crippen LogP contribution < -0.4 is 10.7 Å². The molecule has 1 aromatic carbocycles. The first-order valence-corrected chi connectivity index (χ1v) is 9.69. The van der Waals surface area contributed by atoms with Gasteiger partial charge in [-0.1, -0.05) is 26.0 Å². The summed E-state index contributed by atoms with van der Waals surface area (Å²) in [7, 11) is 1.30. The van der Waals surface area contributed by atoms with Crippen LogP contribution in [0, 0.1) is 0 Å². The molecule has 7 nitrogen and oxygen atoms in total. The van der Waals surface area contributed by atoms with Crippen molar-refractivity contribution in [3.05, 3.63) is 57.3 Å². The van der Waals surface area contributed by atoms with Gasteiger partial charge in [0, 0.05) is 35.5 Å². The lowest BCUT2D eigenvalue weighted by atomic mass is 10.1. The average Bonchev–Trinajstić information content (AvgIpc) is 3.11. The number of hydrogen-bond acceptors (Lipinski definition) is 6. The van der Waals surface area contributed by atoms with Crippen LogP contribution in [0.4, 0.5) is 5.13 Å². The lowest BCUT2D eigenvalue weighted by Gasteiger charge is -2.10. The smallest absolute Gasteiger partial charge is 0.357 e. The van der Waals surface area contributed by atoms with E-state index in [0.717, 1.165) is 10.4 Å². The third-order valence-electron chi connectivity index (χ3n) is 4.27. The predicted octanol–water partition coefficient (Wildman–Crippen LogP) is 3.40. The van der Waals surface area contributed by atoms with Gasteiger partial charge in [-0.05, 0) is 18.1 Å². The standard InChI is InChI=1S/C20H21N3O4S/c1-12(2)18-17(19(26)27-3)22-20(28-18)21-16(25)9-11-23-10-8-15(24)13-6-4-5-7-14(13)23/h4-8,10,12H,9,11H2,1-3H3,(H,21,22,25). The number of carbonyl (C=O) groups excluding carboxylic acids is 2. The molecule has 0 spiro atoms. The van der Waals surface area contributed by atoms with E-state index in [-0.39, 0.29) is 29.4 Å². The van der Waals surface area contributed by atoms with E-state index in [2.05, 4.69) is 10.3 Å². The Hall–Kier alpha value is -3.00. The molecule has 3 rings (SSSR count). The Morgan fingerprint density at radius 3 is 2.71 bits per heavy atom. The Bertz CT molecular complexity index is 1080. The van der Waals surface area contributed by atoms with Gasteiger partial charge in [0.1, 0.15) is 0 Å². The average molecular weight is 399 g/mol. The van der Waals surface area contributed by atoms with Crippen molar-refractivity contribution < 1.29 is 14.3 Å². The quantitative estimate of drug-likeness (QED) is 0.642. The maximum absolute atomic E-state index is 12.4. The molecular weight excluding hydrogens is 378 g/mol. The molecule has 146 valence electrons. The Labute approximate surface area is 166 Å². The number of benzene rings is 1. The molecule has 0 aliphatic heterocycles. The van der Waals surface area contributed by atoms with Gasteiger partial charge in [0.15, 0.2) is 16.3 Å². The number of amides is 1. The SMILES string of the molecule is COC(=O)c1nc(NC(=O)CCn2ccc(=O)c3ccccc32)sc1C(C)C. The summed E-state index contributed by atoms with van der Waals surface area (Å²) in [6, 6.07) is 8.79. The van der Waals surface area contributed by atoms with Gasteiger partial charge in [-0.3, -0.25) is 9.59 Å². The number of thiazole rings is 1. The highest BCUT2D eigenvalue weighted by molar-refractivity contribution is 7.16. The fourth-order valence-electron chi connectivity index (χ4n) is 2.88. The van der Waals surface area contributed by atoms with Gasteiger partial charge in [-0.15, -0.1) is 11.3 Å². The molecule has 0 fully saturated rings. The summed E-state index contributed by atoms with van der Waals surface area (Å²) in [5.74, 6) is -0.645. The number of para-hydroxylation sites is 1. The van der Waals surface area contributed by atoms with E-state index in [1.807, 2.05) is 36.6 Å². The minimum Gasteiger partial charge on any atom is -0.464 e. The van der Waals surface area contributed by atoms with Crippen molar-refractivity contribution in [2.75, 3.05) is 12.4 Å². The summed E-state index contributed by atoms with van der Waals surface area (Å²) in [4.78, 5) is 41.2. The van der Waals surface area contributed by atoms with Crippen LogP contribution >= 0.6 is 11.3 Å². The van der Waals surface area contributed by atoms with Crippen LogP contribution in [0.1, 0.15) is 41.6 Å². The van der Waals surface area contributed by atoms with Gasteiger partial charge in [-0.2, -0.15) is 0 Å². The number of aryl methyl sites for hydroxylation is 1. The summed E-state index contributed by atoms with van der Waals surface area (Å²) in [5, 5.41) is 3.75. The molecule has 0 atom stereocenters. The molecule has 0 radical (unpaired) electrons. The predicted molar refractivity (Wildman–Crippen MR) is 109 cm³/mol. The molecule has 1 N–H and O–H groups in total. The number of anilines is 1. The molecule has 0 bridgehead atoms. The molecule has 28 heavy (non-hydrogen) atoms. The van der Waals surface area contributed by atoms with Gasteiger partial charge in [0.25, 0.3) is 0 Å². The largest absolute Gasteiger partial charge is 0.464 e. The second-order valence-electron chi connectivity index (χ2n) is 6.57. The van der Waals surface area contributed by atoms with E-state index in [4.69, 9.17) is 4.74 Å². The molecule has 1 amide bonds. The molecule has 0 aliphatic rings. The molecular formula is C20H21N3O4S. The number of carbonyl (C=O) groups is 2. The lowest BCUT2D eigenvalue weighted by molar-refractivity contribution is -0.116. The van der Waals surface area contributed by atoms with E-state index in [1.54, 1.807) is 12.3 Å². The van der Waals surface area contributed by atoms with Crippen molar-refractivity contribution in [2.45, 2.75) is 32.7 Å². The van der Waals surface area contributed by atoms with Crippen LogP contribution in [0.2, 0.25) is 0 Å². The molecule has 0 saturated carbocycles. The van der Waals surface area contributed by atoms with Crippen LogP contribution in [-0.4, -0.2) is 28.5 Å². The first kappa shape index (κ1) is 19.8. The number of fused-ring (bicyclic) bond motifs is 1. The number of rotatable bonds is 6. The van der Waals surface area contributed by atoms with Crippen molar-refractivity contribution in [3.8, 4) is 0 Å². The molecule has 0 unspecified atom stereocenters. The number of pyridine rings is 1. The highest BCUT2D eigenvalue weighted by Crippen LogP contribution is 2.30. The van der Waals surface area contributed by atoms with Crippen LogP contribution in [0.25, 0.3) is 10.9 Å². The minimum absolute atomic E-state index is 0.0457. The van der Waals surface area contributed by atoms with Crippen molar-refractivity contribution in [3.63, 3.8) is 0 Å². The van der Waals surface area contributed by atoms with Gasteiger partial charge in [0.2, 0.25) is 5.91 Å². The number of nitrogens with zero attached hydrogens (tertiary/aromatic N) is 2. The Kier molecular flexibility index (Phi) is 5.89. The van der Waals surface area contributed by atoms with E-state index in [1.165, 1.54) is 24.5 Å². The summed E-state index contributed by atoms with van der Waals surface area (Å²) >= 11 is 1.27. The normalized spacial score (nSPS) is 11.0. The Morgan fingerprint density at radius 2 is 2.00 bits per heavy atom. The molecule has 0 aliphatic carbocycles. The van der Waals surface area contributed by atoms with Crippen LogP contribution in [0.3, 0.4) is 0 Å². The highest BCUT2D eigenvalue weighted by Gasteiger charge is 2.21. The number of aromatic nitrogens is 2. The number of ether oxygens (including phenoxy) is 1. The van der Waals surface area contributed by atoms with Crippen molar-refractivity contribution in [2.24, 2.45) is 0 Å². The van der Waals surface area contributed by atoms with Gasteiger partial charge < -0.3 is 14.6 Å². The lowest BCUT2D eigenvalue weighted by Crippen LogP contribution is -2.16. The third kappa shape index (κ3) is 4.12. The fourth-order valence-corrected chi connectivity index (χ4v) is 3.85. The summed E-state index contributed by atoms with van der Waals surface area (Å²) < 4.78 is 6.64. The monoisotopic (exact) mass is 399 g/mol. The highest BCUT2D eigenvalue weighted by atomic mass is 32.1. The van der Waals surface area contributed by atoms with E-state index >= 15 is 0 Å². The number of hydrogen-bond donors (Lipinski definition) is 1. The summed E-state index contributed by atoms with van der Waals surface area (Å²) in [5.41, 5.74) is 0.979. The Morgan fingerprint density at radius 1 is 1.25 bits per heavy atom. The topological polar surface area (TPSA) is 90.3 Å². The fraction of sp³-hybridized carbons (Fsp3) is 0.300. The minimum atomic E-state index is -0.514. The zero-order valence-corrected chi connectivity index (χ0v) is 16.7. The molecule has 8 heteroatoms. The van der Waals surface area contributed by atoms with Crippen LogP contribution in [0.15, 0.2) is 41.3 Å². The zero-order chi connectivity index (χ0) is 20.3. The molecule has 2 aromatic heterocycles. The number of nitrogens with one attached hydrogen (secondary N) is 1. The van der Waals surface area contributed by atoms with Crippen molar-refractivity contribution >= 4 is 39.2 Å². The van der Waals surface area contributed by atoms with Crippen molar-refractivity contribution in [1.82, 2.24) is 9.55 Å². The van der Waals surface area contributed by atoms with Gasteiger partial charge >= 0.3 is 5.97 Å². The van der Waals surface area contributed by atoms with E-state index < -0.39 is 5.97 Å². The zero-order valence-electron chi connectivity index (χ0n) is 15.9. The molecule has 2 heterocycles. The van der Waals surface area contributed by atoms with Crippen LogP contribution in [0.5, 0.6) is 0 Å². The van der Waals surface area contributed by atoms with E-state index in [9.17, 15) is 14.4 Å². The first-order chi connectivity index (χ1) is 13.4. The maximum Gasteiger partial charge on any atom is 0.357 e. The Balaban J connectivity index is 1.73. The third-order valence-corrected chi connectivity index (χ3v) is 5.54. The maximum atomic E-state index is 12.4. The summed E-state index contributed by atoms with van der Waals surface area (Å²) in [6.07, 6.45) is 1.89. The van der Waals surface area contributed by atoms with Gasteiger partial charge in [-0.25, -0.2) is 9.78 Å².